The minimum absolute atomic E-state index is 0.0520. The Bertz CT molecular complexity index is 919. The standard InChI is InChI=1S/C24H27F4N3O/c25-20-6-8-21(9-7-20)31-12-10-19(16-31)14-29-22(32)23(24(26,27)28)11-13-30(17-23)15-18-4-2-1-3-5-18/h1-9,19H,10-17H2,(H,29,32). The second kappa shape index (κ2) is 9.10. The highest BCUT2D eigenvalue weighted by Crippen LogP contribution is 2.46. The molecular formula is C24H27F4N3O. The topological polar surface area (TPSA) is 35.6 Å². The third-order valence-corrected chi connectivity index (χ3v) is 6.60. The molecule has 2 aliphatic rings. The molecule has 4 nitrogen and oxygen atoms in total. The molecule has 32 heavy (non-hydrogen) atoms. The van der Waals surface area contributed by atoms with Gasteiger partial charge in [-0.2, -0.15) is 13.2 Å². The van der Waals surface area contributed by atoms with Crippen molar-refractivity contribution in [3.63, 3.8) is 0 Å². The highest BCUT2D eigenvalue weighted by atomic mass is 19.4. The zero-order chi connectivity index (χ0) is 22.8. The number of nitrogens with zero attached hydrogens (tertiary/aromatic N) is 2. The van der Waals surface area contributed by atoms with Crippen molar-refractivity contribution in [2.45, 2.75) is 25.6 Å². The van der Waals surface area contributed by atoms with Crippen LogP contribution in [0.5, 0.6) is 0 Å². The normalized spacial score (nSPS) is 24.1. The molecule has 2 aromatic rings. The maximum absolute atomic E-state index is 14.1. The molecule has 0 saturated carbocycles. The maximum Gasteiger partial charge on any atom is 0.404 e. The lowest BCUT2D eigenvalue weighted by Crippen LogP contribution is -2.53. The van der Waals surface area contributed by atoms with E-state index in [0.29, 0.717) is 13.1 Å². The monoisotopic (exact) mass is 449 g/mol. The van der Waals surface area contributed by atoms with Crippen molar-refractivity contribution in [3.05, 3.63) is 66.0 Å². The molecule has 4 rings (SSSR count). The first-order valence-corrected chi connectivity index (χ1v) is 10.9. The number of carbonyl (C=O) groups excluding carboxylic acids is 1. The minimum Gasteiger partial charge on any atom is -0.371 e. The summed E-state index contributed by atoms with van der Waals surface area (Å²) in [6, 6.07) is 15.5. The Hall–Kier alpha value is -2.61. The van der Waals surface area contributed by atoms with Gasteiger partial charge in [0, 0.05) is 38.4 Å². The van der Waals surface area contributed by atoms with Gasteiger partial charge in [-0.05, 0) is 55.1 Å². The molecule has 1 amide bonds. The van der Waals surface area contributed by atoms with E-state index in [1.165, 1.54) is 12.1 Å². The third-order valence-electron chi connectivity index (χ3n) is 6.60. The van der Waals surface area contributed by atoms with Crippen molar-refractivity contribution in [3.8, 4) is 0 Å². The molecule has 0 bridgehead atoms. The van der Waals surface area contributed by atoms with Crippen LogP contribution in [0.2, 0.25) is 0 Å². The lowest BCUT2D eigenvalue weighted by Gasteiger charge is -2.31. The molecule has 0 radical (unpaired) electrons. The van der Waals surface area contributed by atoms with E-state index in [4.69, 9.17) is 0 Å². The molecule has 0 spiro atoms. The van der Waals surface area contributed by atoms with E-state index in [1.54, 1.807) is 17.0 Å². The van der Waals surface area contributed by atoms with Crippen molar-refractivity contribution in [2.24, 2.45) is 11.3 Å². The average molecular weight is 449 g/mol. The van der Waals surface area contributed by atoms with Gasteiger partial charge < -0.3 is 10.2 Å². The lowest BCUT2D eigenvalue weighted by atomic mass is 9.85. The Morgan fingerprint density at radius 1 is 1.06 bits per heavy atom. The number of likely N-dealkylation sites (tertiary alicyclic amines) is 1. The zero-order valence-electron chi connectivity index (χ0n) is 17.7. The number of amides is 1. The first-order chi connectivity index (χ1) is 15.3. The molecule has 172 valence electrons. The summed E-state index contributed by atoms with van der Waals surface area (Å²) >= 11 is 0. The molecule has 8 heteroatoms. The number of rotatable bonds is 6. The molecule has 2 unspecified atom stereocenters. The number of hydrogen-bond acceptors (Lipinski definition) is 3. The van der Waals surface area contributed by atoms with Crippen LogP contribution in [0, 0.1) is 17.2 Å². The number of anilines is 1. The van der Waals surface area contributed by atoms with Crippen molar-refractivity contribution in [2.75, 3.05) is 37.6 Å². The molecular weight excluding hydrogens is 422 g/mol. The molecule has 2 aliphatic heterocycles. The number of benzene rings is 2. The molecule has 0 aromatic heterocycles. The Kier molecular flexibility index (Phi) is 6.42. The van der Waals surface area contributed by atoms with Crippen LogP contribution in [0.3, 0.4) is 0 Å². The maximum atomic E-state index is 14.1. The third kappa shape index (κ3) is 4.75. The van der Waals surface area contributed by atoms with E-state index in [2.05, 4.69) is 10.2 Å². The second-order valence-corrected chi connectivity index (χ2v) is 8.81. The summed E-state index contributed by atoms with van der Waals surface area (Å²) in [5, 5.41) is 2.61. The van der Waals surface area contributed by atoms with E-state index in [1.807, 2.05) is 30.3 Å². The van der Waals surface area contributed by atoms with Crippen molar-refractivity contribution in [1.82, 2.24) is 10.2 Å². The summed E-state index contributed by atoms with van der Waals surface area (Å²) in [5.41, 5.74) is -0.575. The van der Waals surface area contributed by atoms with Crippen LogP contribution in [0.1, 0.15) is 18.4 Å². The Labute approximate surface area is 185 Å². The molecule has 2 heterocycles. The van der Waals surface area contributed by atoms with Gasteiger partial charge in [0.1, 0.15) is 5.82 Å². The van der Waals surface area contributed by atoms with Gasteiger partial charge in [0.25, 0.3) is 0 Å². The van der Waals surface area contributed by atoms with Gasteiger partial charge in [-0.15, -0.1) is 0 Å². The van der Waals surface area contributed by atoms with Gasteiger partial charge in [0.15, 0.2) is 5.41 Å². The summed E-state index contributed by atoms with van der Waals surface area (Å²) in [7, 11) is 0. The summed E-state index contributed by atoms with van der Waals surface area (Å²) in [4.78, 5) is 16.6. The van der Waals surface area contributed by atoms with Gasteiger partial charge in [-0.3, -0.25) is 9.69 Å². The average Bonchev–Trinajstić information content (AvgIpc) is 3.41. The predicted molar refractivity (Wildman–Crippen MR) is 115 cm³/mol. The molecule has 2 atom stereocenters. The Morgan fingerprint density at radius 2 is 1.78 bits per heavy atom. The van der Waals surface area contributed by atoms with E-state index in [0.717, 1.165) is 24.2 Å². The van der Waals surface area contributed by atoms with Gasteiger partial charge in [0.05, 0.1) is 0 Å². The highest BCUT2D eigenvalue weighted by molar-refractivity contribution is 5.84. The van der Waals surface area contributed by atoms with Crippen molar-refractivity contribution in [1.29, 1.82) is 0 Å². The van der Waals surface area contributed by atoms with Crippen LogP contribution in [0.4, 0.5) is 23.2 Å². The lowest BCUT2D eigenvalue weighted by molar-refractivity contribution is -0.218. The first kappa shape index (κ1) is 22.6. The highest BCUT2D eigenvalue weighted by Gasteiger charge is 2.62. The van der Waals surface area contributed by atoms with E-state index < -0.39 is 17.5 Å². The van der Waals surface area contributed by atoms with Gasteiger partial charge >= 0.3 is 6.18 Å². The van der Waals surface area contributed by atoms with Crippen LogP contribution >= 0.6 is 0 Å². The Balaban J connectivity index is 1.35. The SMILES string of the molecule is O=C(NCC1CCN(c2ccc(F)cc2)C1)C1(C(F)(F)F)CCN(Cc2ccccc2)C1. The summed E-state index contributed by atoms with van der Waals surface area (Å²) in [6.07, 6.45) is -4.09. The smallest absolute Gasteiger partial charge is 0.371 e. The summed E-state index contributed by atoms with van der Waals surface area (Å²) in [6.45, 7) is 1.83. The number of hydrogen-bond donors (Lipinski definition) is 1. The zero-order valence-corrected chi connectivity index (χ0v) is 17.7. The molecule has 0 aliphatic carbocycles. The number of halogens is 4. The van der Waals surface area contributed by atoms with Gasteiger partial charge in [-0.25, -0.2) is 4.39 Å². The van der Waals surface area contributed by atoms with Crippen LogP contribution < -0.4 is 10.2 Å². The first-order valence-electron chi connectivity index (χ1n) is 10.9. The summed E-state index contributed by atoms with van der Waals surface area (Å²) in [5.74, 6) is -1.19. The van der Waals surface area contributed by atoms with Crippen molar-refractivity contribution < 1.29 is 22.4 Å². The molecule has 2 saturated heterocycles. The molecule has 2 aromatic carbocycles. The molecule has 1 N–H and O–H groups in total. The number of alkyl halides is 3. The van der Waals surface area contributed by atoms with Crippen LogP contribution in [-0.2, 0) is 11.3 Å². The van der Waals surface area contributed by atoms with Gasteiger partial charge in [-0.1, -0.05) is 30.3 Å². The Morgan fingerprint density at radius 3 is 2.47 bits per heavy atom. The summed E-state index contributed by atoms with van der Waals surface area (Å²) < 4.78 is 55.3. The fraction of sp³-hybridized carbons (Fsp3) is 0.458. The quantitative estimate of drug-likeness (QED) is 0.671. The number of nitrogens with one attached hydrogen (secondary N) is 1. The predicted octanol–water partition coefficient (Wildman–Crippen LogP) is 4.22. The number of carbonyl (C=O) groups is 1. The minimum atomic E-state index is -4.61. The second-order valence-electron chi connectivity index (χ2n) is 8.81. The van der Waals surface area contributed by atoms with Gasteiger partial charge in [0.2, 0.25) is 5.91 Å². The molecule has 2 fully saturated rings. The van der Waals surface area contributed by atoms with E-state index >= 15 is 0 Å². The fourth-order valence-corrected chi connectivity index (χ4v) is 4.70. The van der Waals surface area contributed by atoms with E-state index in [9.17, 15) is 22.4 Å². The van der Waals surface area contributed by atoms with Crippen LogP contribution in [0.25, 0.3) is 0 Å². The van der Waals surface area contributed by atoms with Crippen LogP contribution in [0.15, 0.2) is 54.6 Å². The van der Waals surface area contributed by atoms with Crippen LogP contribution in [-0.4, -0.2) is 49.7 Å². The van der Waals surface area contributed by atoms with Crippen molar-refractivity contribution >= 4 is 11.6 Å². The van der Waals surface area contributed by atoms with E-state index in [-0.39, 0.29) is 37.8 Å². The largest absolute Gasteiger partial charge is 0.404 e. The fourth-order valence-electron chi connectivity index (χ4n) is 4.70.